The van der Waals surface area contributed by atoms with E-state index in [9.17, 15) is 17.2 Å². The first-order chi connectivity index (χ1) is 14.4. The predicted molar refractivity (Wildman–Crippen MR) is 126 cm³/mol. The average molecular weight is 566 g/mol. The maximum absolute atomic E-state index is 14.0. The fourth-order valence-electron chi connectivity index (χ4n) is 3.22. The first-order valence-electron chi connectivity index (χ1n) is 9.46. The number of pyridine rings is 1. The highest BCUT2D eigenvalue weighted by molar-refractivity contribution is 14.0. The Balaban J connectivity index is 0.00000341. The van der Waals surface area contributed by atoms with Crippen LogP contribution in [-0.4, -0.2) is 58.6 Å². The van der Waals surface area contributed by atoms with E-state index in [4.69, 9.17) is 0 Å². The molecule has 31 heavy (non-hydrogen) atoms. The lowest BCUT2D eigenvalue weighted by Gasteiger charge is -2.21. The van der Waals surface area contributed by atoms with Crippen LogP contribution >= 0.6 is 24.0 Å². The number of aromatic nitrogens is 1. The number of guanidine groups is 1. The molecule has 170 valence electrons. The number of halogens is 3. The van der Waals surface area contributed by atoms with Crippen molar-refractivity contribution in [3.63, 3.8) is 0 Å². The van der Waals surface area contributed by atoms with Gasteiger partial charge in [0.1, 0.15) is 22.2 Å². The number of hydrogen-bond donors (Lipinski definition) is 3. The molecule has 2 aromatic rings. The SMILES string of the molecule is CN=C(NCCNS(=O)(=O)c1cccnc1)NC1CCN(c2c(F)cccc2F)C1.I. The van der Waals surface area contributed by atoms with Gasteiger partial charge in [0.25, 0.3) is 0 Å². The largest absolute Gasteiger partial charge is 0.365 e. The third-order valence-electron chi connectivity index (χ3n) is 4.66. The van der Waals surface area contributed by atoms with Crippen LogP contribution in [0.15, 0.2) is 52.6 Å². The monoisotopic (exact) mass is 566 g/mol. The van der Waals surface area contributed by atoms with E-state index in [-0.39, 0.29) is 47.1 Å². The molecule has 3 rings (SSSR count). The fourth-order valence-corrected chi connectivity index (χ4v) is 4.21. The maximum Gasteiger partial charge on any atom is 0.242 e. The van der Waals surface area contributed by atoms with E-state index in [0.29, 0.717) is 32.0 Å². The summed E-state index contributed by atoms with van der Waals surface area (Å²) < 4.78 is 54.8. The van der Waals surface area contributed by atoms with Crippen molar-refractivity contribution in [2.45, 2.75) is 17.4 Å². The van der Waals surface area contributed by atoms with Crippen molar-refractivity contribution < 1.29 is 17.2 Å². The van der Waals surface area contributed by atoms with Crippen molar-refractivity contribution in [3.05, 3.63) is 54.4 Å². The van der Waals surface area contributed by atoms with Crippen LogP contribution in [0.2, 0.25) is 0 Å². The number of nitrogens with zero attached hydrogens (tertiary/aromatic N) is 3. The van der Waals surface area contributed by atoms with Crippen LogP contribution in [0.3, 0.4) is 0 Å². The summed E-state index contributed by atoms with van der Waals surface area (Å²) in [6.45, 7) is 1.39. The number of hydrogen-bond acceptors (Lipinski definition) is 5. The fraction of sp³-hybridized carbons (Fsp3) is 0.368. The number of aliphatic imine (C=N–C) groups is 1. The summed E-state index contributed by atoms with van der Waals surface area (Å²) in [6.07, 6.45) is 3.46. The van der Waals surface area contributed by atoms with Gasteiger partial charge in [-0.25, -0.2) is 21.9 Å². The van der Waals surface area contributed by atoms with Gasteiger partial charge < -0.3 is 15.5 Å². The summed E-state index contributed by atoms with van der Waals surface area (Å²) in [5.41, 5.74) is -0.0189. The van der Waals surface area contributed by atoms with Crippen molar-refractivity contribution in [3.8, 4) is 0 Å². The van der Waals surface area contributed by atoms with Gasteiger partial charge in [0.05, 0.1) is 0 Å². The van der Waals surface area contributed by atoms with Crippen LogP contribution in [0.5, 0.6) is 0 Å². The maximum atomic E-state index is 14.0. The molecule has 8 nitrogen and oxygen atoms in total. The molecular weight excluding hydrogens is 541 g/mol. The molecule has 1 aromatic heterocycles. The predicted octanol–water partition coefficient (Wildman–Crippen LogP) is 1.70. The van der Waals surface area contributed by atoms with Gasteiger partial charge in [0.15, 0.2) is 5.96 Å². The topological polar surface area (TPSA) is 98.7 Å². The minimum Gasteiger partial charge on any atom is -0.365 e. The highest BCUT2D eigenvalue weighted by Crippen LogP contribution is 2.26. The summed E-state index contributed by atoms with van der Waals surface area (Å²) in [5, 5.41) is 6.23. The Labute approximate surface area is 197 Å². The Morgan fingerprint density at radius 2 is 1.97 bits per heavy atom. The van der Waals surface area contributed by atoms with Gasteiger partial charge in [0.2, 0.25) is 10.0 Å². The minimum atomic E-state index is -3.62. The Morgan fingerprint density at radius 1 is 1.23 bits per heavy atom. The molecule has 1 saturated heterocycles. The van der Waals surface area contributed by atoms with Gasteiger partial charge in [-0.3, -0.25) is 9.98 Å². The van der Waals surface area contributed by atoms with Gasteiger partial charge in [-0.2, -0.15) is 0 Å². The highest BCUT2D eigenvalue weighted by atomic mass is 127. The van der Waals surface area contributed by atoms with Crippen LogP contribution in [0, 0.1) is 11.6 Å². The molecule has 0 spiro atoms. The molecule has 0 saturated carbocycles. The van der Waals surface area contributed by atoms with Gasteiger partial charge >= 0.3 is 0 Å². The molecule has 12 heteroatoms. The molecule has 1 aliphatic rings. The number of para-hydroxylation sites is 1. The van der Waals surface area contributed by atoms with E-state index >= 15 is 0 Å². The standard InChI is InChI=1S/C19H24F2N6O2S.HI/c1-22-19(24-9-10-25-30(28,29)15-4-3-8-23-12-15)26-14-7-11-27(13-14)18-16(20)5-2-6-17(18)21;/h2-6,8,12,14,25H,7,9-11,13H2,1H3,(H2,22,24,26);1H. The van der Waals surface area contributed by atoms with Gasteiger partial charge in [-0.1, -0.05) is 6.07 Å². The molecule has 0 aliphatic carbocycles. The van der Waals surface area contributed by atoms with Crippen LogP contribution in [0.25, 0.3) is 0 Å². The normalized spacial score (nSPS) is 16.7. The van der Waals surface area contributed by atoms with E-state index in [0.717, 1.165) is 0 Å². The zero-order valence-electron chi connectivity index (χ0n) is 16.9. The molecule has 0 amide bonds. The molecule has 1 fully saturated rings. The highest BCUT2D eigenvalue weighted by Gasteiger charge is 2.27. The zero-order chi connectivity index (χ0) is 21.6. The van der Waals surface area contributed by atoms with Crippen molar-refractivity contribution in [1.82, 2.24) is 20.3 Å². The van der Waals surface area contributed by atoms with Gasteiger partial charge in [-0.05, 0) is 30.7 Å². The third kappa shape index (κ3) is 6.71. The van der Waals surface area contributed by atoms with Gasteiger partial charge in [0, 0.05) is 51.7 Å². The van der Waals surface area contributed by atoms with Crippen LogP contribution < -0.4 is 20.3 Å². The summed E-state index contributed by atoms with van der Waals surface area (Å²) in [4.78, 5) is 9.68. The number of nitrogens with one attached hydrogen (secondary N) is 3. The molecule has 0 radical (unpaired) electrons. The second-order valence-corrected chi connectivity index (χ2v) is 8.50. The number of rotatable bonds is 7. The summed E-state index contributed by atoms with van der Waals surface area (Å²) >= 11 is 0. The molecule has 1 unspecified atom stereocenters. The van der Waals surface area contributed by atoms with Gasteiger partial charge in [-0.15, -0.1) is 24.0 Å². The average Bonchev–Trinajstić information content (AvgIpc) is 3.19. The van der Waals surface area contributed by atoms with Crippen molar-refractivity contribution in [1.29, 1.82) is 0 Å². The first kappa shape index (κ1) is 25.2. The third-order valence-corrected chi connectivity index (χ3v) is 6.11. The van der Waals surface area contributed by atoms with Crippen LogP contribution in [0.1, 0.15) is 6.42 Å². The van der Waals surface area contributed by atoms with Crippen LogP contribution in [-0.2, 0) is 10.0 Å². The molecule has 2 heterocycles. The smallest absolute Gasteiger partial charge is 0.242 e. The second-order valence-electron chi connectivity index (χ2n) is 6.73. The summed E-state index contributed by atoms with van der Waals surface area (Å²) in [7, 11) is -2.03. The van der Waals surface area contributed by atoms with E-state index < -0.39 is 21.7 Å². The number of sulfonamides is 1. The van der Waals surface area contributed by atoms with E-state index in [2.05, 4.69) is 25.3 Å². The first-order valence-corrected chi connectivity index (χ1v) is 10.9. The van der Waals surface area contributed by atoms with Crippen LogP contribution in [0.4, 0.5) is 14.5 Å². The molecule has 1 aromatic carbocycles. The molecule has 3 N–H and O–H groups in total. The van der Waals surface area contributed by atoms with Crippen molar-refractivity contribution in [2.75, 3.05) is 38.1 Å². The van der Waals surface area contributed by atoms with E-state index in [1.807, 2.05) is 0 Å². The molecule has 0 bridgehead atoms. The Kier molecular flexibility index (Phi) is 9.37. The molecular formula is C19H25F2IN6O2S. The Bertz CT molecular complexity index is 974. The number of benzene rings is 1. The van der Waals surface area contributed by atoms with Crippen molar-refractivity contribution in [2.24, 2.45) is 4.99 Å². The Morgan fingerprint density at radius 3 is 2.61 bits per heavy atom. The van der Waals surface area contributed by atoms with E-state index in [1.54, 1.807) is 18.0 Å². The zero-order valence-corrected chi connectivity index (χ0v) is 20.0. The lowest BCUT2D eigenvalue weighted by molar-refractivity contribution is 0.574. The minimum absolute atomic E-state index is 0. The van der Waals surface area contributed by atoms with Crippen molar-refractivity contribution >= 4 is 45.6 Å². The molecule has 1 aliphatic heterocycles. The molecule has 1 atom stereocenters. The lowest BCUT2D eigenvalue weighted by Crippen LogP contribution is -2.46. The summed E-state index contributed by atoms with van der Waals surface area (Å²) in [5.74, 6) is -0.686. The summed E-state index contributed by atoms with van der Waals surface area (Å²) in [6, 6.07) is 6.79. The Hall–Kier alpha value is -2.06. The number of anilines is 1. The second kappa shape index (κ2) is 11.5. The van der Waals surface area contributed by atoms with E-state index in [1.165, 1.54) is 36.7 Å². The quantitative estimate of drug-likeness (QED) is 0.204. The lowest BCUT2D eigenvalue weighted by atomic mass is 10.2.